The molecule has 0 aliphatic carbocycles. The van der Waals surface area contributed by atoms with Gasteiger partial charge in [-0.2, -0.15) is 0 Å². The van der Waals surface area contributed by atoms with E-state index in [4.69, 9.17) is 11.6 Å². The van der Waals surface area contributed by atoms with Crippen molar-refractivity contribution in [3.05, 3.63) is 51.8 Å². The summed E-state index contributed by atoms with van der Waals surface area (Å²) in [4.78, 5) is 19.6. The minimum atomic E-state index is -0.319. The summed E-state index contributed by atoms with van der Waals surface area (Å²) < 4.78 is 15.0. The van der Waals surface area contributed by atoms with E-state index in [-0.39, 0.29) is 23.5 Å². The topological polar surface area (TPSA) is 50.7 Å². The van der Waals surface area contributed by atoms with Crippen molar-refractivity contribution in [1.29, 1.82) is 0 Å². The highest BCUT2D eigenvalue weighted by Crippen LogP contribution is 2.35. The van der Waals surface area contributed by atoms with Crippen LogP contribution >= 0.6 is 11.6 Å². The van der Waals surface area contributed by atoms with Crippen LogP contribution in [0, 0.1) is 11.7 Å². The molecule has 0 amide bonds. The monoisotopic (exact) mass is 347 g/mol. The van der Waals surface area contributed by atoms with E-state index in [1.54, 1.807) is 16.7 Å². The zero-order chi connectivity index (χ0) is 17.4. The van der Waals surface area contributed by atoms with Crippen molar-refractivity contribution in [1.82, 2.24) is 14.5 Å². The molecular weight excluding hydrogens is 329 g/mol. The Kier molecular flexibility index (Phi) is 4.45. The van der Waals surface area contributed by atoms with Gasteiger partial charge in [0.05, 0.1) is 10.5 Å². The van der Waals surface area contributed by atoms with E-state index in [0.29, 0.717) is 21.7 Å². The van der Waals surface area contributed by atoms with Gasteiger partial charge in [-0.1, -0.05) is 44.5 Å². The average Bonchev–Trinajstić information content (AvgIpc) is 2.86. The number of nitrogens with one attached hydrogen (secondary N) is 1. The smallest absolute Gasteiger partial charge is 0.290 e. The van der Waals surface area contributed by atoms with Gasteiger partial charge in [0, 0.05) is 17.8 Å². The lowest BCUT2D eigenvalue weighted by atomic mass is 10.00. The molecule has 0 spiro atoms. The van der Waals surface area contributed by atoms with Crippen molar-refractivity contribution in [2.45, 2.75) is 33.2 Å². The fraction of sp³-hybridized carbons (Fsp3) is 0.333. The molecule has 24 heavy (non-hydrogen) atoms. The van der Waals surface area contributed by atoms with Crippen LogP contribution in [0.5, 0.6) is 0 Å². The van der Waals surface area contributed by atoms with Crippen molar-refractivity contribution in [3.63, 3.8) is 0 Å². The van der Waals surface area contributed by atoms with Crippen LogP contribution in [0.1, 0.15) is 33.2 Å². The van der Waals surface area contributed by atoms with Gasteiger partial charge in [0.2, 0.25) is 0 Å². The van der Waals surface area contributed by atoms with Crippen molar-refractivity contribution in [2.75, 3.05) is 0 Å². The third-order valence-corrected chi connectivity index (χ3v) is 4.63. The molecule has 0 fully saturated rings. The lowest BCUT2D eigenvalue weighted by molar-refractivity contribution is 0.366. The third kappa shape index (κ3) is 2.73. The molecule has 1 atom stereocenters. The molecule has 0 radical (unpaired) electrons. The number of aromatic amines is 1. The van der Waals surface area contributed by atoms with Crippen LogP contribution in [-0.4, -0.2) is 14.5 Å². The number of hydrogen-bond donors (Lipinski definition) is 1. The first-order valence-corrected chi connectivity index (χ1v) is 8.36. The predicted octanol–water partition coefficient (Wildman–Crippen LogP) is 4.79. The first-order valence-electron chi connectivity index (χ1n) is 7.98. The van der Waals surface area contributed by atoms with Gasteiger partial charge in [-0.05, 0) is 30.0 Å². The summed E-state index contributed by atoms with van der Waals surface area (Å²) in [5.41, 5.74) is 2.39. The van der Waals surface area contributed by atoms with E-state index in [1.165, 1.54) is 18.3 Å². The quantitative estimate of drug-likeness (QED) is 0.737. The predicted molar refractivity (Wildman–Crippen MR) is 94.9 cm³/mol. The molecule has 0 saturated heterocycles. The molecule has 1 N–H and O–H groups in total. The highest BCUT2D eigenvalue weighted by atomic mass is 35.5. The van der Waals surface area contributed by atoms with Crippen LogP contribution in [0.2, 0.25) is 5.02 Å². The molecule has 0 aliphatic rings. The largest absolute Gasteiger partial charge is 0.327 e. The van der Waals surface area contributed by atoms with E-state index < -0.39 is 0 Å². The molecule has 2 heterocycles. The van der Waals surface area contributed by atoms with Gasteiger partial charge >= 0.3 is 5.69 Å². The molecule has 0 saturated carbocycles. The number of benzene rings is 1. The highest BCUT2D eigenvalue weighted by molar-refractivity contribution is 6.34. The number of halogens is 2. The Balaban J connectivity index is 2.38. The maximum absolute atomic E-state index is 13.3. The summed E-state index contributed by atoms with van der Waals surface area (Å²) in [6.45, 7) is 6.20. The first kappa shape index (κ1) is 16.7. The summed E-state index contributed by atoms with van der Waals surface area (Å²) in [6, 6.07) is 6.10. The number of aromatic nitrogens is 3. The Bertz CT molecular complexity index is 928. The van der Waals surface area contributed by atoms with E-state index in [0.717, 1.165) is 12.0 Å². The maximum atomic E-state index is 13.3. The lowest BCUT2D eigenvalue weighted by Crippen LogP contribution is -2.25. The molecule has 4 nitrogen and oxygen atoms in total. The first-order chi connectivity index (χ1) is 11.4. The summed E-state index contributed by atoms with van der Waals surface area (Å²) in [7, 11) is 0. The Hall–Kier alpha value is -2.14. The molecule has 0 unspecified atom stereocenters. The van der Waals surface area contributed by atoms with Crippen LogP contribution in [0.4, 0.5) is 4.39 Å². The van der Waals surface area contributed by atoms with Gasteiger partial charge in [-0.25, -0.2) is 14.2 Å². The Morgan fingerprint density at radius 2 is 1.96 bits per heavy atom. The van der Waals surface area contributed by atoms with Crippen LogP contribution in [0.15, 0.2) is 35.3 Å². The molecule has 3 aromatic rings. The molecule has 126 valence electrons. The zero-order valence-electron chi connectivity index (χ0n) is 13.8. The SMILES string of the molecule is CC[C@@H](C(C)C)n1c(=O)[nH]c2ncc(Cl)c(-c3ccc(F)cc3)c21. The number of hydrogen-bond acceptors (Lipinski definition) is 2. The zero-order valence-corrected chi connectivity index (χ0v) is 14.6. The molecule has 6 heteroatoms. The summed E-state index contributed by atoms with van der Waals surface area (Å²) in [6.07, 6.45) is 2.32. The van der Waals surface area contributed by atoms with E-state index in [1.807, 2.05) is 6.92 Å². The Labute approximate surface area is 144 Å². The van der Waals surface area contributed by atoms with Gasteiger partial charge in [0.1, 0.15) is 5.82 Å². The van der Waals surface area contributed by atoms with Crippen LogP contribution in [0.3, 0.4) is 0 Å². The van der Waals surface area contributed by atoms with E-state index >= 15 is 0 Å². The summed E-state index contributed by atoms with van der Waals surface area (Å²) in [5, 5.41) is 0.431. The second kappa shape index (κ2) is 6.40. The standard InChI is InChI=1S/C18H19ClFN3O/c1-4-14(10(2)3)23-16-15(11-5-7-12(20)8-6-11)13(19)9-21-17(16)22-18(23)24/h5-10,14H,4H2,1-3H3,(H,21,22,24)/t14-/m0/s1. The van der Waals surface area contributed by atoms with Crippen molar-refractivity contribution >= 4 is 22.8 Å². The van der Waals surface area contributed by atoms with Crippen molar-refractivity contribution < 1.29 is 4.39 Å². The second-order valence-electron chi connectivity index (χ2n) is 6.21. The molecule has 2 aromatic heterocycles. The Morgan fingerprint density at radius 3 is 2.54 bits per heavy atom. The normalized spacial score (nSPS) is 12.9. The second-order valence-corrected chi connectivity index (χ2v) is 6.61. The van der Waals surface area contributed by atoms with Gasteiger partial charge in [-0.3, -0.25) is 9.55 Å². The summed E-state index contributed by atoms with van der Waals surface area (Å²) >= 11 is 6.40. The number of nitrogens with zero attached hydrogens (tertiary/aromatic N) is 2. The van der Waals surface area contributed by atoms with Gasteiger partial charge < -0.3 is 0 Å². The number of imidazole rings is 1. The molecule has 1 aromatic carbocycles. The fourth-order valence-corrected chi connectivity index (χ4v) is 3.47. The summed E-state index contributed by atoms with van der Waals surface area (Å²) in [5.74, 6) is -0.0491. The number of fused-ring (bicyclic) bond motifs is 1. The number of pyridine rings is 1. The van der Waals surface area contributed by atoms with Crippen LogP contribution < -0.4 is 5.69 Å². The molecule has 3 rings (SSSR count). The molecule has 0 aliphatic heterocycles. The number of H-pyrrole nitrogens is 1. The van der Waals surface area contributed by atoms with Crippen LogP contribution in [-0.2, 0) is 0 Å². The fourth-order valence-electron chi connectivity index (χ4n) is 3.23. The van der Waals surface area contributed by atoms with Crippen molar-refractivity contribution in [3.8, 4) is 11.1 Å². The van der Waals surface area contributed by atoms with Crippen LogP contribution in [0.25, 0.3) is 22.3 Å². The lowest BCUT2D eigenvalue weighted by Gasteiger charge is -2.22. The minimum Gasteiger partial charge on any atom is -0.290 e. The molecular formula is C18H19ClFN3O. The van der Waals surface area contributed by atoms with Gasteiger partial charge in [-0.15, -0.1) is 0 Å². The average molecular weight is 348 g/mol. The van der Waals surface area contributed by atoms with Gasteiger partial charge in [0.15, 0.2) is 5.65 Å². The molecule has 0 bridgehead atoms. The number of rotatable bonds is 4. The minimum absolute atomic E-state index is 0.0192. The Morgan fingerprint density at radius 1 is 1.29 bits per heavy atom. The highest BCUT2D eigenvalue weighted by Gasteiger charge is 2.23. The van der Waals surface area contributed by atoms with E-state index in [2.05, 4.69) is 23.8 Å². The third-order valence-electron chi connectivity index (χ3n) is 4.34. The maximum Gasteiger partial charge on any atom is 0.327 e. The van der Waals surface area contributed by atoms with Crippen molar-refractivity contribution in [2.24, 2.45) is 5.92 Å². The van der Waals surface area contributed by atoms with E-state index in [9.17, 15) is 9.18 Å². The van der Waals surface area contributed by atoms with Gasteiger partial charge in [0.25, 0.3) is 0 Å².